The second-order valence-corrected chi connectivity index (χ2v) is 6.48. The van der Waals surface area contributed by atoms with Crippen LogP contribution in [0.3, 0.4) is 0 Å². The van der Waals surface area contributed by atoms with Crippen molar-refractivity contribution in [2.45, 2.75) is 57.5 Å². The van der Waals surface area contributed by atoms with Gasteiger partial charge in [-0.2, -0.15) is 0 Å². The Morgan fingerprint density at radius 3 is 2.27 bits per heavy atom. The molecule has 1 amide bonds. The van der Waals surface area contributed by atoms with Crippen molar-refractivity contribution < 1.29 is 14.7 Å². The summed E-state index contributed by atoms with van der Waals surface area (Å²) in [6.07, 6.45) is 6.78. The molecule has 1 aromatic carbocycles. The summed E-state index contributed by atoms with van der Waals surface area (Å²) in [6, 6.07) is 7.14. The molecule has 22 heavy (non-hydrogen) atoms. The molecule has 0 aromatic heterocycles. The van der Waals surface area contributed by atoms with E-state index in [2.05, 4.69) is 0 Å². The Morgan fingerprint density at radius 1 is 1.00 bits per heavy atom. The maximum Gasteiger partial charge on any atom is 0.326 e. The molecule has 1 aliphatic heterocycles. The Bertz CT molecular complexity index is 561. The van der Waals surface area contributed by atoms with Crippen LogP contribution in [-0.2, 0) is 22.6 Å². The number of aliphatic carboxylic acids is 1. The standard InChI is InChI=1S/C18H23NO3/c20-17(13-7-3-1-2-4-8-13)19-12-15-10-6-5-9-14(15)11-16(19)18(21)22/h5-6,9-10,13,16H,1-4,7-8,11-12H2,(H,21,22). The molecule has 1 fully saturated rings. The number of nitrogens with zero attached hydrogens (tertiary/aromatic N) is 1. The highest BCUT2D eigenvalue weighted by Gasteiger charge is 2.37. The molecule has 1 unspecified atom stereocenters. The molecule has 1 saturated carbocycles. The van der Waals surface area contributed by atoms with E-state index in [1.54, 1.807) is 4.90 Å². The number of fused-ring (bicyclic) bond motifs is 1. The number of rotatable bonds is 2. The first-order valence-electron chi connectivity index (χ1n) is 8.27. The number of carbonyl (C=O) groups excluding carboxylic acids is 1. The SMILES string of the molecule is O=C(O)C1Cc2ccccc2CN1C(=O)C1CCCCCC1. The second kappa shape index (κ2) is 6.51. The fraction of sp³-hybridized carbons (Fsp3) is 0.556. The van der Waals surface area contributed by atoms with Gasteiger partial charge in [0.2, 0.25) is 5.91 Å². The maximum atomic E-state index is 12.9. The summed E-state index contributed by atoms with van der Waals surface area (Å²) in [4.78, 5) is 26.1. The molecule has 1 atom stereocenters. The predicted molar refractivity (Wildman–Crippen MR) is 83.3 cm³/mol. The van der Waals surface area contributed by atoms with Gasteiger partial charge >= 0.3 is 5.97 Å². The van der Waals surface area contributed by atoms with E-state index >= 15 is 0 Å². The van der Waals surface area contributed by atoms with E-state index in [0.717, 1.165) is 36.8 Å². The van der Waals surface area contributed by atoms with Crippen molar-refractivity contribution in [2.75, 3.05) is 0 Å². The van der Waals surface area contributed by atoms with E-state index < -0.39 is 12.0 Å². The highest BCUT2D eigenvalue weighted by atomic mass is 16.4. The van der Waals surface area contributed by atoms with Crippen molar-refractivity contribution >= 4 is 11.9 Å². The Balaban J connectivity index is 1.83. The van der Waals surface area contributed by atoms with Gasteiger partial charge in [0.25, 0.3) is 0 Å². The molecular weight excluding hydrogens is 278 g/mol. The lowest BCUT2D eigenvalue weighted by Crippen LogP contribution is -2.50. The lowest BCUT2D eigenvalue weighted by atomic mass is 9.91. The number of hydrogen-bond acceptors (Lipinski definition) is 2. The summed E-state index contributed by atoms with van der Waals surface area (Å²) in [5.41, 5.74) is 2.14. The number of hydrogen-bond donors (Lipinski definition) is 1. The molecule has 4 heteroatoms. The number of amides is 1. The maximum absolute atomic E-state index is 12.9. The molecule has 2 aliphatic rings. The first-order valence-corrected chi connectivity index (χ1v) is 8.27. The number of carboxylic acids is 1. The van der Waals surface area contributed by atoms with E-state index in [9.17, 15) is 14.7 Å². The van der Waals surface area contributed by atoms with Crippen molar-refractivity contribution in [1.82, 2.24) is 4.90 Å². The fourth-order valence-corrected chi connectivity index (χ4v) is 3.74. The van der Waals surface area contributed by atoms with Gasteiger partial charge in [0.15, 0.2) is 0 Å². The first-order chi connectivity index (χ1) is 10.7. The second-order valence-electron chi connectivity index (χ2n) is 6.48. The third kappa shape index (κ3) is 3.01. The Morgan fingerprint density at radius 2 is 1.64 bits per heavy atom. The van der Waals surface area contributed by atoms with E-state index in [0.29, 0.717) is 13.0 Å². The summed E-state index contributed by atoms with van der Waals surface area (Å²) in [6.45, 7) is 0.433. The van der Waals surface area contributed by atoms with Crippen molar-refractivity contribution in [3.05, 3.63) is 35.4 Å². The van der Waals surface area contributed by atoms with Crippen LogP contribution in [0.25, 0.3) is 0 Å². The summed E-state index contributed by atoms with van der Waals surface area (Å²) in [5, 5.41) is 9.54. The van der Waals surface area contributed by atoms with Crippen molar-refractivity contribution in [1.29, 1.82) is 0 Å². The van der Waals surface area contributed by atoms with E-state index in [1.807, 2.05) is 24.3 Å². The van der Waals surface area contributed by atoms with Gasteiger partial charge < -0.3 is 10.0 Å². The predicted octanol–water partition coefficient (Wildman–Crippen LogP) is 2.99. The van der Waals surface area contributed by atoms with Crippen LogP contribution in [0.1, 0.15) is 49.7 Å². The Kier molecular flexibility index (Phi) is 4.46. The van der Waals surface area contributed by atoms with Crippen LogP contribution in [0.2, 0.25) is 0 Å². The van der Waals surface area contributed by atoms with Gasteiger partial charge in [-0.05, 0) is 24.0 Å². The number of benzene rings is 1. The summed E-state index contributed by atoms with van der Waals surface area (Å²) >= 11 is 0. The summed E-state index contributed by atoms with van der Waals surface area (Å²) in [7, 11) is 0. The van der Waals surface area contributed by atoms with Crippen molar-refractivity contribution in [3.8, 4) is 0 Å². The lowest BCUT2D eigenvalue weighted by Gasteiger charge is -2.36. The zero-order valence-electron chi connectivity index (χ0n) is 12.8. The Hall–Kier alpha value is -1.84. The van der Waals surface area contributed by atoms with Gasteiger partial charge in [-0.1, -0.05) is 49.9 Å². The van der Waals surface area contributed by atoms with E-state index in [4.69, 9.17) is 0 Å². The smallest absolute Gasteiger partial charge is 0.326 e. The average Bonchev–Trinajstić information content (AvgIpc) is 2.82. The van der Waals surface area contributed by atoms with Gasteiger partial charge in [-0.3, -0.25) is 4.79 Å². The quantitative estimate of drug-likeness (QED) is 0.854. The van der Waals surface area contributed by atoms with Gasteiger partial charge in [0.1, 0.15) is 6.04 Å². The van der Waals surface area contributed by atoms with Crippen LogP contribution in [0.4, 0.5) is 0 Å². The molecule has 0 radical (unpaired) electrons. The molecular formula is C18H23NO3. The van der Waals surface area contributed by atoms with Crippen LogP contribution in [0.5, 0.6) is 0 Å². The number of carboxylic acid groups (broad SMARTS) is 1. The average molecular weight is 301 g/mol. The molecule has 1 N–H and O–H groups in total. The minimum atomic E-state index is -0.892. The zero-order chi connectivity index (χ0) is 15.5. The summed E-state index contributed by atoms with van der Waals surface area (Å²) in [5.74, 6) is -0.838. The molecule has 4 nitrogen and oxygen atoms in total. The van der Waals surface area contributed by atoms with Gasteiger partial charge in [-0.15, -0.1) is 0 Å². The minimum absolute atomic E-state index is 0.00890. The van der Waals surface area contributed by atoms with Crippen molar-refractivity contribution in [2.24, 2.45) is 5.92 Å². The lowest BCUT2D eigenvalue weighted by molar-refractivity contribution is -0.153. The van der Waals surface area contributed by atoms with Gasteiger partial charge in [-0.25, -0.2) is 4.79 Å². The molecule has 118 valence electrons. The molecule has 0 saturated heterocycles. The minimum Gasteiger partial charge on any atom is -0.480 e. The van der Waals surface area contributed by atoms with Crippen LogP contribution in [0, 0.1) is 5.92 Å². The zero-order valence-corrected chi connectivity index (χ0v) is 12.8. The molecule has 0 bridgehead atoms. The molecule has 1 aliphatic carbocycles. The highest BCUT2D eigenvalue weighted by molar-refractivity contribution is 5.86. The monoisotopic (exact) mass is 301 g/mol. The van der Waals surface area contributed by atoms with Gasteiger partial charge in [0.05, 0.1) is 0 Å². The third-order valence-electron chi connectivity index (χ3n) is 5.02. The Labute approximate surface area is 131 Å². The number of carbonyl (C=O) groups is 2. The molecule has 1 aromatic rings. The van der Waals surface area contributed by atoms with E-state index in [1.165, 1.54) is 12.8 Å². The van der Waals surface area contributed by atoms with Crippen LogP contribution >= 0.6 is 0 Å². The molecule has 1 heterocycles. The third-order valence-corrected chi connectivity index (χ3v) is 5.02. The normalized spacial score (nSPS) is 22.7. The molecule has 3 rings (SSSR count). The van der Waals surface area contributed by atoms with Crippen LogP contribution < -0.4 is 0 Å². The largest absolute Gasteiger partial charge is 0.480 e. The van der Waals surface area contributed by atoms with Crippen LogP contribution in [0.15, 0.2) is 24.3 Å². The van der Waals surface area contributed by atoms with E-state index in [-0.39, 0.29) is 11.8 Å². The highest BCUT2D eigenvalue weighted by Crippen LogP contribution is 2.29. The fourth-order valence-electron chi connectivity index (χ4n) is 3.74. The van der Waals surface area contributed by atoms with Gasteiger partial charge in [0, 0.05) is 18.9 Å². The first kappa shape index (κ1) is 15.1. The van der Waals surface area contributed by atoms with Crippen molar-refractivity contribution in [3.63, 3.8) is 0 Å². The molecule has 0 spiro atoms. The van der Waals surface area contributed by atoms with Crippen LogP contribution in [-0.4, -0.2) is 27.9 Å². The summed E-state index contributed by atoms with van der Waals surface area (Å²) < 4.78 is 0. The topological polar surface area (TPSA) is 57.6 Å².